The Balaban J connectivity index is 1.69. The third-order valence-electron chi connectivity index (χ3n) is 4.45. The Kier molecular flexibility index (Phi) is 6.05. The van der Waals surface area contributed by atoms with Crippen LogP contribution in [0.5, 0.6) is 0 Å². The highest BCUT2D eigenvalue weighted by molar-refractivity contribution is 7.89. The second-order valence-corrected chi connectivity index (χ2v) is 11.2. The van der Waals surface area contributed by atoms with E-state index < -0.39 is 31.5 Å². The Morgan fingerprint density at radius 3 is 2.52 bits per heavy atom. The molecule has 0 spiro atoms. The molecule has 2 heterocycles. The van der Waals surface area contributed by atoms with Crippen molar-refractivity contribution in [3.63, 3.8) is 0 Å². The lowest BCUT2D eigenvalue weighted by atomic mass is 10.0. The number of nitrogens with zero attached hydrogens (tertiary/aromatic N) is 3. The fourth-order valence-corrected chi connectivity index (χ4v) is 5.21. The van der Waals surface area contributed by atoms with Crippen molar-refractivity contribution in [2.75, 3.05) is 24.7 Å². The first-order valence-corrected chi connectivity index (χ1v) is 12.5. The molecular weight excluding hydrogens is 420 g/mol. The second-order valence-electron chi connectivity index (χ2n) is 7.16. The van der Waals surface area contributed by atoms with Gasteiger partial charge in [0, 0.05) is 24.9 Å². The van der Waals surface area contributed by atoms with Crippen LogP contribution >= 0.6 is 0 Å². The molecule has 10 nitrogen and oxygen atoms in total. The van der Waals surface area contributed by atoms with Crippen molar-refractivity contribution in [2.24, 2.45) is 5.92 Å². The number of piperidine rings is 1. The molecule has 1 aromatic heterocycles. The number of sulfonamides is 1. The van der Waals surface area contributed by atoms with E-state index >= 15 is 0 Å². The first-order valence-electron chi connectivity index (χ1n) is 8.96. The minimum absolute atomic E-state index is 0.122. The number of hydrogen-bond donors (Lipinski definition) is 1. The van der Waals surface area contributed by atoms with Crippen LogP contribution in [0.25, 0.3) is 0 Å². The molecule has 1 N–H and O–H groups in total. The smallest absolute Gasteiger partial charge is 0.322 e. The van der Waals surface area contributed by atoms with E-state index in [2.05, 4.69) is 15.5 Å². The minimum atomic E-state index is -3.61. The van der Waals surface area contributed by atoms with Crippen molar-refractivity contribution in [2.45, 2.75) is 30.4 Å². The first-order chi connectivity index (χ1) is 13.5. The number of rotatable bonds is 6. The lowest BCUT2D eigenvalue weighted by molar-refractivity contribution is 0.102. The molecule has 3 rings (SSSR count). The lowest BCUT2D eigenvalue weighted by Gasteiger charge is -2.30. The van der Waals surface area contributed by atoms with Crippen LogP contribution in [0.3, 0.4) is 0 Å². The number of hydrogen-bond acceptors (Lipinski definition) is 8. The van der Waals surface area contributed by atoms with Gasteiger partial charge in [0.1, 0.15) is 5.75 Å². The normalized spacial score (nSPS) is 18.5. The molecule has 29 heavy (non-hydrogen) atoms. The zero-order valence-corrected chi connectivity index (χ0v) is 17.7. The van der Waals surface area contributed by atoms with Gasteiger partial charge >= 0.3 is 6.01 Å². The fourth-order valence-electron chi connectivity index (χ4n) is 3.05. The van der Waals surface area contributed by atoms with Gasteiger partial charge in [-0.05, 0) is 43.0 Å². The van der Waals surface area contributed by atoms with Crippen LogP contribution < -0.4 is 5.32 Å². The zero-order chi connectivity index (χ0) is 21.2. The molecule has 0 radical (unpaired) electrons. The molecule has 1 fully saturated rings. The topological polar surface area (TPSA) is 140 Å². The molecule has 158 valence electrons. The third-order valence-corrected chi connectivity index (χ3v) is 7.10. The van der Waals surface area contributed by atoms with Gasteiger partial charge in [0.15, 0.2) is 9.84 Å². The largest absolute Gasteiger partial charge is 0.407 e. The molecule has 2 aromatic rings. The summed E-state index contributed by atoms with van der Waals surface area (Å²) < 4.78 is 54.5. The van der Waals surface area contributed by atoms with Crippen LogP contribution in [0.1, 0.15) is 36.0 Å². The van der Waals surface area contributed by atoms with E-state index in [1.807, 2.05) is 6.92 Å². The molecule has 1 aliphatic heterocycles. The minimum Gasteiger partial charge on any atom is -0.407 e. The van der Waals surface area contributed by atoms with Crippen LogP contribution in [-0.4, -0.2) is 56.6 Å². The van der Waals surface area contributed by atoms with E-state index in [9.17, 15) is 21.6 Å². The summed E-state index contributed by atoms with van der Waals surface area (Å²) in [7, 11) is -6.95. The van der Waals surface area contributed by atoms with Crippen molar-refractivity contribution in [3.8, 4) is 0 Å². The number of carbonyl (C=O) groups excluding carboxylic acids is 1. The molecule has 1 unspecified atom stereocenters. The molecule has 0 saturated carbocycles. The highest BCUT2D eigenvalue weighted by atomic mass is 32.2. The summed E-state index contributed by atoms with van der Waals surface area (Å²) in [6.07, 6.45) is 2.86. The van der Waals surface area contributed by atoms with Gasteiger partial charge in [-0.15, -0.1) is 5.10 Å². The van der Waals surface area contributed by atoms with Gasteiger partial charge in [-0.1, -0.05) is 12.0 Å². The number of anilines is 1. The standard InChI is InChI=1S/C17H22N4O6S2/c1-12-4-3-9-21(10-12)29(25,26)14-7-5-13(6-8-14)16(22)18-17-20-19-15(27-17)11-28(2,23)24/h5-8,12H,3-4,9-11H2,1-2H3,(H,18,20,22). The molecule has 1 aliphatic rings. The maximum absolute atomic E-state index is 12.8. The van der Waals surface area contributed by atoms with Gasteiger partial charge in [0.05, 0.1) is 4.90 Å². The van der Waals surface area contributed by atoms with Gasteiger partial charge in [0.2, 0.25) is 15.9 Å². The third kappa shape index (κ3) is 5.40. The van der Waals surface area contributed by atoms with Crippen LogP contribution in [-0.2, 0) is 25.6 Å². The van der Waals surface area contributed by atoms with Crippen molar-refractivity contribution < 1.29 is 26.0 Å². The summed E-state index contributed by atoms with van der Waals surface area (Å²) in [6.45, 7) is 2.99. The van der Waals surface area contributed by atoms with Gasteiger partial charge in [0.25, 0.3) is 5.91 Å². The number of carbonyl (C=O) groups is 1. The first kappa shape index (κ1) is 21.4. The van der Waals surface area contributed by atoms with Crippen molar-refractivity contribution in [3.05, 3.63) is 35.7 Å². The summed E-state index contributed by atoms with van der Waals surface area (Å²) in [5.74, 6) is -0.849. The summed E-state index contributed by atoms with van der Waals surface area (Å²) in [5.41, 5.74) is 0.193. The average Bonchev–Trinajstić information content (AvgIpc) is 3.06. The van der Waals surface area contributed by atoms with Gasteiger partial charge in [-0.25, -0.2) is 16.8 Å². The number of benzene rings is 1. The molecule has 1 atom stereocenters. The van der Waals surface area contributed by atoms with E-state index in [0.29, 0.717) is 19.0 Å². The summed E-state index contributed by atoms with van der Waals surface area (Å²) >= 11 is 0. The highest BCUT2D eigenvalue weighted by Crippen LogP contribution is 2.23. The number of nitrogens with one attached hydrogen (secondary N) is 1. The average molecular weight is 443 g/mol. The lowest BCUT2D eigenvalue weighted by Crippen LogP contribution is -2.39. The molecule has 0 aliphatic carbocycles. The molecule has 1 amide bonds. The predicted octanol–water partition coefficient (Wildman–Crippen LogP) is 1.29. The molecule has 1 aromatic carbocycles. The summed E-state index contributed by atoms with van der Waals surface area (Å²) in [4.78, 5) is 12.4. The number of aromatic nitrogens is 2. The fraction of sp³-hybridized carbons (Fsp3) is 0.471. The molecule has 12 heteroatoms. The van der Waals surface area contributed by atoms with Gasteiger partial charge in [-0.3, -0.25) is 10.1 Å². The second kappa shape index (κ2) is 8.20. The van der Waals surface area contributed by atoms with E-state index in [-0.39, 0.29) is 22.4 Å². The van der Waals surface area contributed by atoms with Crippen molar-refractivity contribution in [1.29, 1.82) is 0 Å². The quantitative estimate of drug-likeness (QED) is 0.706. The molecular formula is C17H22N4O6S2. The van der Waals surface area contributed by atoms with E-state index in [4.69, 9.17) is 4.42 Å². The summed E-state index contributed by atoms with van der Waals surface area (Å²) in [5, 5.41) is 9.49. The van der Waals surface area contributed by atoms with Crippen LogP contribution in [0.15, 0.2) is 33.6 Å². The molecule has 0 bridgehead atoms. The highest BCUT2D eigenvalue weighted by Gasteiger charge is 2.28. The maximum atomic E-state index is 12.8. The number of sulfone groups is 1. The van der Waals surface area contributed by atoms with E-state index in [1.165, 1.54) is 28.6 Å². The van der Waals surface area contributed by atoms with Gasteiger partial charge in [-0.2, -0.15) is 4.31 Å². The van der Waals surface area contributed by atoms with Crippen LogP contribution in [0, 0.1) is 5.92 Å². The van der Waals surface area contributed by atoms with Crippen LogP contribution in [0.2, 0.25) is 0 Å². The summed E-state index contributed by atoms with van der Waals surface area (Å²) in [6, 6.07) is 5.30. The van der Waals surface area contributed by atoms with Gasteiger partial charge < -0.3 is 4.42 Å². The SMILES string of the molecule is CC1CCCN(S(=O)(=O)c2ccc(C(=O)Nc3nnc(CS(C)(=O)=O)o3)cc2)C1. The zero-order valence-electron chi connectivity index (χ0n) is 16.0. The Hall–Kier alpha value is -2.31. The predicted molar refractivity (Wildman–Crippen MR) is 104 cm³/mol. The number of amides is 1. The Morgan fingerprint density at radius 2 is 1.90 bits per heavy atom. The molecule has 1 saturated heterocycles. The Bertz CT molecular complexity index is 1090. The van der Waals surface area contributed by atoms with E-state index in [0.717, 1.165) is 19.1 Å². The Morgan fingerprint density at radius 1 is 1.21 bits per heavy atom. The maximum Gasteiger partial charge on any atom is 0.322 e. The Labute approximate surface area is 169 Å². The monoisotopic (exact) mass is 442 g/mol. The van der Waals surface area contributed by atoms with Crippen LogP contribution in [0.4, 0.5) is 6.01 Å². The van der Waals surface area contributed by atoms with E-state index in [1.54, 1.807) is 0 Å². The van der Waals surface area contributed by atoms with Crippen molar-refractivity contribution in [1.82, 2.24) is 14.5 Å². The van der Waals surface area contributed by atoms with Crippen molar-refractivity contribution >= 4 is 31.8 Å².